The zero-order valence-corrected chi connectivity index (χ0v) is 16.8. The van der Waals surface area contributed by atoms with Crippen molar-refractivity contribution in [3.05, 3.63) is 35.4 Å². The van der Waals surface area contributed by atoms with Gasteiger partial charge < -0.3 is 9.47 Å². The number of carbonyl (C=O) groups excluding carboxylic acids is 1. The highest BCUT2D eigenvalue weighted by atomic mass is 16.2. The van der Waals surface area contributed by atoms with Gasteiger partial charge in [0, 0.05) is 38.4 Å². The first-order chi connectivity index (χ1) is 13.6. The molecular formula is C20H29N7O. The SMILES string of the molecule is Cc1ncc(C(=O)N2CCC(c3nnc(CN4CCCCC4)n3C)CC2)cn1. The minimum absolute atomic E-state index is 0.0159. The molecule has 0 unspecified atom stereocenters. The van der Waals surface area contributed by atoms with Crippen molar-refractivity contribution in [2.75, 3.05) is 26.2 Å². The van der Waals surface area contributed by atoms with E-state index in [9.17, 15) is 4.79 Å². The standard InChI is InChI=1S/C20H29N7O/c1-15-21-12-17(13-22-15)20(28)27-10-6-16(7-11-27)19-24-23-18(25(19)2)14-26-8-4-3-5-9-26/h12-13,16H,3-11,14H2,1-2H3. The van der Waals surface area contributed by atoms with Crippen LogP contribution in [-0.2, 0) is 13.6 Å². The molecule has 1 amide bonds. The number of hydrogen-bond acceptors (Lipinski definition) is 6. The fourth-order valence-electron chi connectivity index (χ4n) is 4.21. The smallest absolute Gasteiger partial charge is 0.256 e. The first-order valence-corrected chi connectivity index (χ1v) is 10.3. The van der Waals surface area contributed by atoms with Gasteiger partial charge in [-0.1, -0.05) is 6.42 Å². The maximum Gasteiger partial charge on any atom is 0.256 e. The molecule has 0 N–H and O–H groups in total. The summed E-state index contributed by atoms with van der Waals surface area (Å²) in [4.78, 5) is 25.3. The number of hydrogen-bond donors (Lipinski definition) is 0. The van der Waals surface area contributed by atoms with E-state index in [0.29, 0.717) is 17.3 Å². The average Bonchev–Trinajstić information content (AvgIpc) is 3.09. The summed E-state index contributed by atoms with van der Waals surface area (Å²) in [7, 11) is 2.08. The largest absolute Gasteiger partial charge is 0.339 e. The first kappa shape index (κ1) is 19.0. The van der Waals surface area contributed by atoms with Crippen molar-refractivity contribution in [1.29, 1.82) is 0 Å². The second-order valence-electron chi connectivity index (χ2n) is 7.96. The minimum Gasteiger partial charge on any atom is -0.339 e. The number of carbonyl (C=O) groups is 1. The first-order valence-electron chi connectivity index (χ1n) is 10.3. The van der Waals surface area contributed by atoms with Crippen LogP contribution in [0.25, 0.3) is 0 Å². The van der Waals surface area contributed by atoms with Crippen molar-refractivity contribution in [3.8, 4) is 0 Å². The van der Waals surface area contributed by atoms with Crippen molar-refractivity contribution in [2.24, 2.45) is 7.05 Å². The van der Waals surface area contributed by atoms with E-state index in [-0.39, 0.29) is 5.91 Å². The van der Waals surface area contributed by atoms with E-state index in [4.69, 9.17) is 0 Å². The summed E-state index contributed by atoms with van der Waals surface area (Å²) >= 11 is 0. The van der Waals surface area contributed by atoms with Gasteiger partial charge in [0.15, 0.2) is 0 Å². The Bertz CT molecular complexity index is 802. The molecule has 0 radical (unpaired) electrons. The molecule has 8 heteroatoms. The molecule has 2 saturated heterocycles. The third kappa shape index (κ3) is 4.06. The van der Waals surface area contributed by atoms with Gasteiger partial charge in [-0.2, -0.15) is 0 Å². The highest BCUT2D eigenvalue weighted by Crippen LogP contribution is 2.28. The van der Waals surface area contributed by atoms with E-state index in [1.54, 1.807) is 12.4 Å². The molecule has 0 bridgehead atoms. The van der Waals surface area contributed by atoms with Gasteiger partial charge in [0.05, 0.1) is 12.1 Å². The fraction of sp³-hybridized carbons (Fsp3) is 0.650. The second-order valence-corrected chi connectivity index (χ2v) is 7.96. The number of nitrogens with zero attached hydrogens (tertiary/aromatic N) is 7. The molecule has 2 aromatic heterocycles. The third-order valence-electron chi connectivity index (χ3n) is 5.99. The van der Waals surface area contributed by atoms with Crippen LogP contribution >= 0.6 is 0 Å². The molecule has 8 nitrogen and oxygen atoms in total. The molecule has 4 heterocycles. The Hall–Kier alpha value is -2.35. The number of rotatable bonds is 4. The molecule has 4 rings (SSSR count). The maximum absolute atomic E-state index is 12.7. The molecule has 2 aliphatic heterocycles. The summed E-state index contributed by atoms with van der Waals surface area (Å²) in [5.41, 5.74) is 0.562. The van der Waals surface area contributed by atoms with Crippen molar-refractivity contribution in [1.82, 2.24) is 34.5 Å². The Kier molecular flexibility index (Phi) is 5.66. The number of likely N-dealkylation sites (tertiary alicyclic amines) is 2. The van der Waals surface area contributed by atoms with Gasteiger partial charge in [-0.15, -0.1) is 10.2 Å². The van der Waals surface area contributed by atoms with E-state index in [1.165, 1.54) is 19.3 Å². The zero-order valence-electron chi connectivity index (χ0n) is 16.8. The topological polar surface area (TPSA) is 80.0 Å². The van der Waals surface area contributed by atoms with Gasteiger partial charge in [-0.3, -0.25) is 9.69 Å². The Labute approximate surface area is 166 Å². The lowest BCUT2D eigenvalue weighted by Gasteiger charge is -2.31. The summed E-state index contributed by atoms with van der Waals surface area (Å²) in [6, 6.07) is 0. The lowest BCUT2D eigenvalue weighted by Crippen LogP contribution is -2.38. The predicted molar refractivity (Wildman–Crippen MR) is 105 cm³/mol. The van der Waals surface area contributed by atoms with E-state index in [0.717, 1.165) is 57.2 Å². The molecular weight excluding hydrogens is 354 g/mol. The van der Waals surface area contributed by atoms with Crippen LogP contribution in [0.2, 0.25) is 0 Å². The van der Waals surface area contributed by atoms with Crippen LogP contribution in [0.15, 0.2) is 12.4 Å². The number of aryl methyl sites for hydroxylation is 1. The van der Waals surface area contributed by atoms with Crippen molar-refractivity contribution in [2.45, 2.75) is 51.5 Å². The molecule has 150 valence electrons. The number of amides is 1. The van der Waals surface area contributed by atoms with Crippen LogP contribution in [0, 0.1) is 6.92 Å². The Balaban J connectivity index is 1.36. The van der Waals surface area contributed by atoms with Gasteiger partial charge in [0.25, 0.3) is 5.91 Å². The van der Waals surface area contributed by atoms with E-state index < -0.39 is 0 Å². The van der Waals surface area contributed by atoms with Gasteiger partial charge in [0.2, 0.25) is 0 Å². The molecule has 0 aromatic carbocycles. The molecule has 0 aliphatic carbocycles. The lowest BCUT2D eigenvalue weighted by atomic mass is 9.95. The molecule has 0 saturated carbocycles. The molecule has 0 atom stereocenters. The van der Waals surface area contributed by atoms with Crippen LogP contribution in [0.5, 0.6) is 0 Å². The molecule has 2 aliphatic rings. The van der Waals surface area contributed by atoms with Gasteiger partial charge in [-0.05, 0) is 45.7 Å². The highest BCUT2D eigenvalue weighted by molar-refractivity contribution is 5.93. The molecule has 28 heavy (non-hydrogen) atoms. The van der Waals surface area contributed by atoms with Crippen molar-refractivity contribution < 1.29 is 4.79 Å². The predicted octanol–water partition coefficient (Wildman–Crippen LogP) is 1.92. The van der Waals surface area contributed by atoms with Gasteiger partial charge >= 0.3 is 0 Å². The van der Waals surface area contributed by atoms with Crippen LogP contribution in [-0.4, -0.2) is 66.6 Å². The highest BCUT2D eigenvalue weighted by Gasteiger charge is 2.28. The summed E-state index contributed by atoms with van der Waals surface area (Å²) in [5.74, 6) is 3.15. The lowest BCUT2D eigenvalue weighted by molar-refractivity contribution is 0.0709. The summed E-state index contributed by atoms with van der Waals surface area (Å²) in [6.07, 6.45) is 8.96. The van der Waals surface area contributed by atoms with Crippen molar-refractivity contribution >= 4 is 5.91 Å². The zero-order chi connectivity index (χ0) is 19.5. The van der Waals surface area contributed by atoms with Crippen LogP contribution in [0.4, 0.5) is 0 Å². The molecule has 2 fully saturated rings. The van der Waals surface area contributed by atoms with E-state index in [1.807, 2.05) is 11.8 Å². The molecule has 0 spiro atoms. The summed E-state index contributed by atoms with van der Waals surface area (Å²) < 4.78 is 2.17. The number of aromatic nitrogens is 5. The van der Waals surface area contributed by atoms with E-state index in [2.05, 4.69) is 36.7 Å². The second kappa shape index (κ2) is 8.34. The number of piperidine rings is 2. The monoisotopic (exact) mass is 383 g/mol. The Morgan fingerprint density at radius 2 is 1.71 bits per heavy atom. The maximum atomic E-state index is 12.7. The third-order valence-corrected chi connectivity index (χ3v) is 5.99. The van der Waals surface area contributed by atoms with Gasteiger partial charge in [0.1, 0.15) is 17.5 Å². The average molecular weight is 384 g/mol. The fourth-order valence-corrected chi connectivity index (χ4v) is 4.21. The Morgan fingerprint density at radius 1 is 1.04 bits per heavy atom. The van der Waals surface area contributed by atoms with Crippen LogP contribution in [0.1, 0.15) is 65.9 Å². The van der Waals surface area contributed by atoms with Crippen LogP contribution < -0.4 is 0 Å². The molecule has 2 aromatic rings. The van der Waals surface area contributed by atoms with E-state index >= 15 is 0 Å². The Morgan fingerprint density at radius 3 is 2.39 bits per heavy atom. The summed E-state index contributed by atoms with van der Waals surface area (Å²) in [6.45, 7) is 6.47. The minimum atomic E-state index is 0.0159. The quantitative estimate of drug-likeness (QED) is 0.802. The summed E-state index contributed by atoms with van der Waals surface area (Å²) in [5, 5.41) is 8.97. The van der Waals surface area contributed by atoms with Gasteiger partial charge in [-0.25, -0.2) is 9.97 Å². The normalized spacial score (nSPS) is 19.1. The van der Waals surface area contributed by atoms with Crippen LogP contribution in [0.3, 0.4) is 0 Å². The van der Waals surface area contributed by atoms with Crippen molar-refractivity contribution in [3.63, 3.8) is 0 Å².